The second kappa shape index (κ2) is 8.50. The average Bonchev–Trinajstić information content (AvgIpc) is 2.36. The first-order chi connectivity index (χ1) is 9.78. The lowest BCUT2D eigenvalue weighted by Gasteiger charge is -2.26. The van der Waals surface area contributed by atoms with Gasteiger partial charge in [0.15, 0.2) is 0 Å². The SMILES string of the molecule is CC(C)COCCC(CNC(C)(C)C)c1cccc(F)c1. The highest BCUT2D eigenvalue weighted by atomic mass is 19.1. The molecule has 0 amide bonds. The number of rotatable bonds is 8. The third kappa shape index (κ3) is 8.18. The second-order valence-corrected chi connectivity index (χ2v) is 7.14. The van der Waals surface area contributed by atoms with E-state index in [1.165, 1.54) is 6.07 Å². The van der Waals surface area contributed by atoms with Crippen LogP contribution in [0.2, 0.25) is 0 Å². The lowest BCUT2D eigenvalue weighted by Crippen LogP contribution is -2.38. The van der Waals surface area contributed by atoms with Gasteiger partial charge in [0.25, 0.3) is 0 Å². The Morgan fingerprint density at radius 1 is 1.24 bits per heavy atom. The molecule has 0 heterocycles. The van der Waals surface area contributed by atoms with E-state index in [1.54, 1.807) is 12.1 Å². The van der Waals surface area contributed by atoms with Gasteiger partial charge in [-0.15, -0.1) is 0 Å². The zero-order valence-electron chi connectivity index (χ0n) is 14.1. The molecule has 0 aliphatic heterocycles. The first-order valence-electron chi connectivity index (χ1n) is 7.86. The maximum absolute atomic E-state index is 13.4. The molecule has 0 bridgehead atoms. The molecule has 3 heteroatoms. The highest BCUT2D eigenvalue weighted by Crippen LogP contribution is 2.21. The molecule has 0 radical (unpaired) electrons. The molecular formula is C18H30FNO. The normalized spacial score (nSPS) is 13.7. The molecule has 1 N–H and O–H groups in total. The van der Waals surface area contributed by atoms with Gasteiger partial charge in [0.2, 0.25) is 0 Å². The zero-order valence-corrected chi connectivity index (χ0v) is 14.1. The number of benzene rings is 1. The van der Waals surface area contributed by atoms with Crippen molar-refractivity contribution in [2.75, 3.05) is 19.8 Å². The monoisotopic (exact) mass is 295 g/mol. The molecule has 0 aliphatic rings. The fourth-order valence-corrected chi connectivity index (χ4v) is 2.12. The van der Waals surface area contributed by atoms with Crippen LogP contribution in [0.5, 0.6) is 0 Å². The number of hydrogen-bond donors (Lipinski definition) is 1. The van der Waals surface area contributed by atoms with E-state index in [9.17, 15) is 4.39 Å². The minimum atomic E-state index is -0.170. The van der Waals surface area contributed by atoms with Crippen molar-refractivity contribution in [1.29, 1.82) is 0 Å². The summed E-state index contributed by atoms with van der Waals surface area (Å²) in [4.78, 5) is 0. The van der Waals surface area contributed by atoms with Crippen molar-refractivity contribution >= 4 is 0 Å². The zero-order chi connectivity index (χ0) is 15.9. The molecule has 1 aromatic carbocycles. The summed E-state index contributed by atoms with van der Waals surface area (Å²) in [5.41, 5.74) is 1.10. The van der Waals surface area contributed by atoms with E-state index in [0.717, 1.165) is 25.1 Å². The fraction of sp³-hybridized carbons (Fsp3) is 0.667. The van der Waals surface area contributed by atoms with Gasteiger partial charge in [-0.2, -0.15) is 0 Å². The first-order valence-corrected chi connectivity index (χ1v) is 7.86. The van der Waals surface area contributed by atoms with Gasteiger partial charge in [-0.05, 0) is 56.7 Å². The van der Waals surface area contributed by atoms with Crippen LogP contribution in [-0.2, 0) is 4.74 Å². The van der Waals surface area contributed by atoms with Crippen molar-refractivity contribution < 1.29 is 9.13 Å². The summed E-state index contributed by atoms with van der Waals surface area (Å²) < 4.78 is 19.1. The summed E-state index contributed by atoms with van der Waals surface area (Å²) in [7, 11) is 0. The first kappa shape index (κ1) is 18.1. The van der Waals surface area contributed by atoms with Crippen molar-refractivity contribution in [1.82, 2.24) is 5.32 Å². The average molecular weight is 295 g/mol. The Labute approximate surface area is 129 Å². The van der Waals surface area contributed by atoms with Gasteiger partial charge in [0.1, 0.15) is 5.82 Å². The van der Waals surface area contributed by atoms with Crippen LogP contribution in [0.3, 0.4) is 0 Å². The third-order valence-electron chi connectivity index (χ3n) is 3.26. The van der Waals surface area contributed by atoms with E-state index >= 15 is 0 Å². The van der Waals surface area contributed by atoms with Crippen molar-refractivity contribution in [3.63, 3.8) is 0 Å². The molecule has 2 nitrogen and oxygen atoms in total. The lowest BCUT2D eigenvalue weighted by atomic mass is 9.94. The molecule has 0 saturated carbocycles. The summed E-state index contributed by atoms with van der Waals surface area (Å²) in [5.74, 6) is 0.647. The number of halogens is 1. The van der Waals surface area contributed by atoms with Crippen LogP contribution in [0.1, 0.15) is 52.5 Å². The predicted octanol–water partition coefficient (Wildman–Crippen LogP) is 4.36. The molecule has 1 rings (SSSR count). The lowest BCUT2D eigenvalue weighted by molar-refractivity contribution is 0.103. The molecule has 0 aliphatic carbocycles. The molecule has 0 fully saturated rings. The topological polar surface area (TPSA) is 21.3 Å². The Kier molecular flexibility index (Phi) is 7.33. The summed E-state index contributed by atoms with van der Waals surface area (Å²) in [6, 6.07) is 6.91. The van der Waals surface area contributed by atoms with Crippen LogP contribution in [-0.4, -0.2) is 25.3 Å². The van der Waals surface area contributed by atoms with Crippen molar-refractivity contribution in [2.24, 2.45) is 5.92 Å². The number of nitrogens with one attached hydrogen (secondary N) is 1. The minimum absolute atomic E-state index is 0.0599. The van der Waals surface area contributed by atoms with Crippen molar-refractivity contribution in [3.8, 4) is 0 Å². The number of ether oxygens (including phenoxy) is 1. The molecule has 120 valence electrons. The number of hydrogen-bond acceptors (Lipinski definition) is 2. The highest BCUT2D eigenvalue weighted by molar-refractivity contribution is 5.21. The highest BCUT2D eigenvalue weighted by Gasteiger charge is 2.16. The van der Waals surface area contributed by atoms with Gasteiger partial charge in [-0.3, -0.25) is 0 Å². The summed E-state index contributed by atoms with van der Waals surface area (Å²) in [6.07, 6.45) is 0.902. The molecule has 1 aromatic rings. The van der Waals surface area contributed by atoms with Gasteiger partial charge < -0.3 is 10.1 Å². The van der Waals surface area contributed by atoms with Gasteiger partial charge in [0, 0.05) is 25.3 Å². The van der Waals surface area contributed by atoms with Crippen molar-refractivity contribution in [2.45, 2.75) is 52.5 Å². The Bertz CT molecular complexity index is 412. The maximum Gasteiger partial charge on any atom is 0.123 e. The molecule has 0 spiro atoms. The van der Waals surface area contributed by atoms with Gasteiger partial charge >= 0.3 is 0 Å². The fourth-order valence-electron chi connectivity index (χ4n) is 2.12. The maximum atomic E-state index is 13.4. The minimum Gasteiger partial charge on any atom is -0.381 e. The van der Waals surface area contributed by atoms with E-state index in [0.29, 0.717) is 12.5 Å². The quantitative estimate of drug-likeness (QED) is 0.719. The van der Waals surface area contributed by atoms with Gasteiger partial charge in [0.05, 0.1) is 0 Å². The molecule has 1 atom stereocenters. The standard InChI is InChI=1S/C18H30FNO/c1-14(2)13-21-10-9-16(12-20-18(3,4)5)15-7-6-8-17(19)11-15/h6-8,11,14,16,20H,9-10,12-13H2,1-5H3. The summed E-state index contributed by atoms with van der Waals surface area (Å²) in [6.45, 7) is 13.0. The van der Waals surface area contributed by atoms with Crippen LogP contribution in [0, 0.1) is 11.7 Å². The van der Waals surface area contributed by atoms with Gasteiger partial charge in [-0.25, -0.2) is 4.39 Å². The molecular weight excluding hydrogens is 265 g/mol. The molecule has 1 unspecified atom stereocenters. The van der Waals surface area contributed by atoms with E-state index in [4.69, 9.17) is 4.74 Å². The molecule has 0 saturated heterocycles. The third-order valence-corrected chi connectivity index (χ3v) is 3.26. The Morgan fingerprint density at radius 3 is 2.52 bits per heavy atom. The van der Waals surface area contributed by atoms with E-state index in [-0.39, 0.29) is 17.3 Å². The van der Waals surface area contributed by atoms with Crippen molar-refractivity contribution in [3.05, 3.63) is 35.6 Å². The smallest absolute Gasteiger partial charge is 0.123 e. The summed E-state index contributed by atoms with van der Waals surface area (Å²) in [5, 5.41) is 3.51. The van der Waals surface area contributed by atoms with Gasteiger partial charge in [-0.1, -0.05) is 26.0 Å². The Hall–Kier alpha value is -0.930. The predicted molar refractivity (Wildman–Crippen MR) is 87.2 cm³/mol. The second-order valence-electron chi connectivity index (χ2n) is 7.14. The van der Waals surface area contributed by atoms with E-state index < -0.39 is 0 Å². The van der Waals surface area contributed by atoms with Crippen LogP contribution >= 0.6 is 0 Å². The van der Waals surface area contributed by atoms with Crippen LogP contribution in [0.25, 0.3) is 0 Å². The molecule has 0 aromatic heterocycles. The largest absolute Gasteiger partial charge is 0.381 e. The molecule has 21 heavy (non-hydrogen) atoms. The summed E-state index contributed by atoms with van der Waals surface area (Å²) >= 11 is 0. The van der Waals surface area contributed by atoms with E-state index in [2.05, 4.69) is 39.9 Å². The Balaban J connectivity index is 2.61. The Morgan fingerprint density at radius 2 is 1.95 bits per heavy atom. The van der Waals surface area contributed by atoms with Crippen LogP contribution in [0.4, 0.5) is 4.39 Å². The van der Waals surface area contributed by atoms with E-state index in [1.807, 2.05) is 6.07 Å². The van der Waals surface area contributed by atoms with Crippen LogP contribution < -0.4 is 5.32 Å². The van der Waals surface area contributed by atoms with Crippen LogP contribution in [0.15, 0.2) is 24.3 Å².